The van der Waals surface area contributed by atoms with Gasteiger partial charge in [-0.15, -0.1) is 0 Å². The Morgan fingerprint density at radius 2 is 1.57 bits per heavy atom. The van der Waals surface area contributed by atoms with Crippen molar-refractivity contribution in [2.45, 2.75) is 138 Å². The monoisotopic (exact) mass is 736 g/mol. The van der Waals surface area contributed by atoms with Gasteiger partial charge in [-0.1, -0.05) is 85.4 Å². The Labute approximate surface area is 321 Å². The van der Waals surface area contributed by atoms with Crippen LogP contribution in [0.15, 0.2) is 42.5 Å². The maximum absolute atomic E-state index is 14.7. The number of methoxy groups -OCH3 is 1. The highest BCUT2D eigenvalue weighted by atomic mass is 16.5. The van der Waals surface area contributed by atoms with Gasteiger partial charge in [0, 0.05) is 14.2 Å². The van der Waals surface area contributed by atoms with E-state index in [2.05, 4.69) is 75.5 Å². The number of nitrogens with one attached hydrogen (secondary N) is 1. The number of ether oxygens (including phenoxy) is 2. The minimum Gasteiger partial charge on any atom is -0.480 e. The number of rotatable bonds is 11. The molecule has 5 aliphatic rings. The van der Waals surface area contributed by atoms with Gasteiger partial charge >= 0.3 is 5.97 Å². The molecule has 53 heavy (non-hydrogen) atoms. The molecule has 1 aromatic carbocycles. The smallest absolute Gasteiger partial charge is 0.326 e. The van der Waals surface area contributed by atoms with Crippen molar-refractivity contribution >= 4 is 11.9 Å². The first-order chi connectivity index (χ1) is 24.9. The van der Waals surface area contributed by atoms with E-state index in [1.807, 2.05) is 19.9 Å². The number of benzene rings is 1. The largest absolute Gasteiger partial charge is 0.480 e. The van der Waals surface area contributed by atoms with E-state index in [0.29, 0.717) is 37.4 Å². The van der Waals surface area contributed by atoms with Crippen molar-refractivity contribution in [1.29, 1.82) is 0 Å². The van der Waals surface area contributed by atoms with Gasteiger partial charge in [-0.2, -0.15) is 0 Å². The van der Waals surface area contributed by atoms with Crippen LogP contribution in [0.3, 0.4) is 0 Å². The Bertz CT molecular complexity index is 1440. The molecule has 5 aliphatic carbocycles. The number of carboxylic acids is 1. The molecule has 1 amide bonds. The van der Waals surface area contributed by atoms with E-state index in [1.54, 1.807) is 14.2 Å². The molecular weight excluding hydrogens is 663 g/mol. The molecule has 5 saturated carbocycles. The highest BCUT2D eigenvalue weighted by Crippen LogP contribution is 2.77. The first-order valence-corrected chi connectivity index (χ1v) is 20.8. The summed E-state index contributed by atoms with van der Waals surface area (Å²) in [5, 5.41) is 24.4. The van der Waals surface area contributed by atoms with Crippen LogP contribution in [-0.2, 0) is 25.5 Å². The van der Waals surface area contributed by atoms with Crippen LogP contribution in [0.25, 0.3) is 0 Å². The lowest BCUT2D eigenvalue weighted by atomic mass is 9.32. The number of hydrogen-bond acceptors (Lipinski definition) is 5. The van der Waals surface area contributed by atoms with Crippen molar-refractivity contribution in [2.75, 3.05) is 27.4 Å². The Morgan fingerprint density at radius 3 is 2.21 bits per heavy atom. The van der Waals surface area contributed by atoms with Crippen molar-refractivity contribution in [2.24, 2.45) is 62.6 Å². The SMILES string of the molecule is C=C(COCCc1ccccc1)[C@@H]1CC[C@]2(C(=O)NC(CC(C)C)C(=O)O)CC[C@]3(C)[C@H](CC[C@@H]4[C@@]5(C)CC[C@H](O)C(C)(C)[C@@H]5CC[C@]43C)[C@@H]12.COC. The van der Waals surface area contributed by atoms with Gasteiger partial charge in [-0.05, 0) is 145 Å². The fourth-order valence-corrected chi connectivity index (χ4v) is 13.6. The minimum absolute atomic E-state index is 0.0381. The summed E-state index contributed by atoms with van der Waals surface area (Å²) in [6.45, 7) is 22.2. The number of carboxylic acid groups (broad SMARTS) is 1. The number of carbonyl (C=O) groups is 2. The normalized spacial score (nSPS) is 38.9. The summed E-state index contributed by atoms with van der Waals surface area (Å²) >= 11 is 0. The molecule has 0 bridgehead atoms. The lowest BCUT2D eigenvalue weighted by molar-refractivity contribution is -0.246. The van der Waals surface area contributed by atoms with Crippen LogP contribution >= 0.6 is 0 Å². The number of aliphatic hydroxyl groups excluding tert-OH is 1. The summed E-state index contributed by atoms with van der Waals surface area (Å²) < 4.78 is 10.5. The molecule has 7 heteroatoms. The van der Waals surface area contributed by atoms with Gasteiger partial charge in [0.05, 0.1) is 24.7 Å². The zero-order chi connectivity index (χ0) is 39.0. The molecule has 0 radical (unpaired) electrons. The number of carbonyl (C=O) groups excluding carboxylic acids is 1. The summed E-state index contributed by atoms with van der Waals surface area (Å²) in [4.78, 5) is 27.1. The molecule has 6 rings (SSSR count). The molecule has 3 N–H and O–H groups in total. The average molecular weight is 736 g/mol. The van der Waals surface area contributed by atoms with E-state index in [9.17, 15) is 19.8 Å². The van der Waals surface area contributed by atoms with Crippen LogP contribution in [0.4, 0.5) is 0 Å². The fraction of sp³-hybridized carbons (Fsp3) is 0.783. The molecular formula is C46H73NO6. The molecule has 0 aromatic heterocycles. The van der Waals surface area contributed by atoms with Crippen molar-refractivity contribution in [3.8, 4) is 0 Å². The molecule has 11 atom stereocenters. The molecule has 298 valence electrons. The van der Waals surface area contributed by atoms with Crippen molar-refractivity contribution in [1.82, 2.24) is 5.32 Å². The molecule has 0 heterocycles. The standard InChI is InChI=1S/C44H67NO5.C2H6O/c1-28(2)26-33(38(47)48)45-39(49)44-22-16-31(29(3)27-50-25-19-30-12-10-9-11-13-30)37(44)32-14-15-35-41(6)20-18-36(46)40(4,5)34(41)17-21-43(35,8)42(32,7)23-24-44;1-3-2/h9-13,28,31-37,46H,3,14-27H2,1-2,4-8H3,(H,45,49)(H,47,48);1-2H3/t31-,32+,33?,34-,35+,36-,37+,41-,42+,43+,44-;/m0./s1. The second-order valence-electron chi connectivity index (χ2n) is 19.7. The van der Waals surface area contributed by atoms with E-state index in [4.69, 9.17) is 4.74 Å². The molecule has 5 fully saturated rings. The molecule has 1 aromatic rings. The summed E-state index contributed by atoms with van der Waals surface area (Å²) in [6, 6.07) is 9.56. The average Bonchev–Trinajstić information content (AvgIpc) is 3.50. The third-order valence-electron chi connectivity index (χ3n) is 16.4. The summed E-state index contributed by atoms with van der Waals surface area (Å²) in [7, 11) is 3.25. The van der Waals surface area contributed by atoms with Gasteiger partial charge in [-0.3, -0.25) is 4.79 Å². The Kier molecular flexibility index (Phi) is 12.7. The molecule has 7 nitrogen and oxygen atoms in total. The van der Waals surface area contributed by atoms with Gasteiger partial charge in [-0.25, -0.2) is 4.79 Å². The molecule has 1 unspecified atom stereocenters. The second-order valence-corrected chi connectivity index (χ2v) is 19.7. The van der Waals surface area contributed by atoms with Crippen LogP contribution < -0.4 is 5.32 Å². The van der Waals surface area contributed by atoms with Gasteiger partial charge in [0.15, 0.2) is 0 Å². The summed E-state index contributed by atoms with van der Waals surface area (Å²) in [5.41, 5.74) is 2.06. The van der Waals surface area contributed by atoms with Crippen LogP contribution in [0.5, 0.6) is 0 Å². The minimum atomic E-state index is -0.940. The zero-order valence-corrected chi connectivity index (χ0v) is 34.6. The summed E-state index contributed by atoms with van der Waals surface area (Å²) in [5.74, 6) is 0.919. The zero-order valence-electron chi connectivity index (χ0n) is 34.6. The molecule has 0 spiro atoms. The van der Waals surface area contributed by atoms with Crippen LogP contribution in [-0.4, -0.2) is 61.7 Å². The van der Waals surface area contributed by atoms with E-state index >= 15 is 0 Å². The number of amides is 1. The highest BCUT2D eigenvalue weighted by molar-refractivity contribution is 5.88. The lowest BCUT2D eigenvalue weighted by Gasteiger charge is -2.72. The Hall–Kier alpha value is -2.22. The van der Waals surface area contributed by atoms with E-state index in [0.717, 1.165) is 76.2 Å². The van der Waals surface area contributed by atoms with Crippen molar-refractivity contribution in [3.63, 3.8) is 0 Å². The van der Waals surface area contributed by atoms with Crippen LogP contribution in [0.2, 0.25) is 0 Å². The van der Waals surface area contributed by atoms with E-state index in [1.165, 1.54) is 5.56 Å². The lowest BCUT2D eigenvalue weighted by Crippen LogP contribution is -2.67. The predicted octanol–water partition coefficient (Wildman–Crippen LogP) is 9.12. The van der Waals surface area contributed by atoms with E-state index in [-0.39, 0.29) is 51.4 Å². The first kappa shape index (κ1) is 41.9. The third kappa shape index (κ3) is 7.42. The van der Waals surface area contributed by atoms with Gasteiger partial charge in [0.1, 0.15) is 6.04 Å². The second kappa shape index (κ2) is 16.1. The topological polar surface area (TPSA) is 105 Å². The maximum Gasteiger partial charge on any atom is 0.326 e. The van der Waals surface area contributed by atoms with E-state index < -0.39 is 17.4 Å². The van der Waals surface area contributed by atoms with Gasteiger partial charge in [0.2, 0.25) is 5.91 Å². The maximum atomic E-state index is 14.7. The van der Waals surface area contributed by atoms with Crippen molar-refractivity contribution in [3.05, 3.63) is 48.0 Å². The third-order valence-corrected chi connectivity index (χ3v) is 16.4. The van der Waals surface area contributed by atoms with Crippen LogP contribution in [0.1, 0.15) is 125 Å². The summed E-state index contributed by atoms with van der Waals surface area (Å²) in [6.07, 6.45) is 11.1. The first-order valence-electron chi connectivity index (χ1n) is 20.8. The Balaban J connectivity index is 0.00000175. The number of hydrogen-bond donors (Lipinski definition) is 3. The quantitative estimate of drug-likeness (QED) is 0.155. The predicted molar refractivity (Wildman–Crippen MR) is 212 cm³/mol. The Morgan fingerprint density at radius 1 is 0.887 bits per heavy atom. The van der Waals surface area contributed by atoms with Crippen LogP contribution in [0, 0.1) is 62.6 Å². The highest BCUT2D eigenvalue weighted by Gasteiger charge is 2.72. The van der Waals surface area contributed by atoms with Crippen molar-refractivity contribution < 1.29 is 29.3 Å². The fourth-order valence-electron chi connectivity index (χ4n) is 13.6. The number of aliphatic carboxylic acids is 1. The number of fused-ring (bicyclic) bond motifs is 7. The number of aliphatic hydroxyl groups is 1. The van der Waals surface area contributed by atoms with Gasteiger partial charge < -0.3 is 25.0 Å². The van der Waals surface area contributed by atoms with Gasteiger partial charge in [0.25, 0.3) is 0 Å². The molecule has 0 aliphatic heterocycles. The molecule has 0 saturated heterocycles.